The van der Waals surface area contributed by atoms with E-state index in [0.717, 1.165) is 17.1 Å². The van der Waals surface area contributed by atoms with Crippen molar-refractivity contribution in [3.05, 3.63) is 317 Å². The zero-order valence-corrected chi connectivity index (χ0v) is 36.9. The summed E-state index contributed by atoms with van der Waals surface area (Å²) in [4.78, 5) is 2.40. The molecular formula is C66H45N. The highest BCUT2D eigenvalue weighted by Gasteiger charge is 2.57. The third-order valence-electron chi connectivity index (χ3n) is 14.6. The topological polar surface area (TPSA) is 3.24 Å². The third-order valence-corrected chi connectivity index (χ3v) is 14.6. The van der Waals surface area contributed by atoms with Crippen LogP contribution in [0.15, 0.2) is 273 Å². The second-order valence-electron chi connectivity index (χ2n) is 17.9. The van der Waals surface area contributed by atoms with Gasteiger partial charge in [0.1, 0.15) is 0 Å². The van der Waals surface area contributed by atoms with Crippen LogP contribution in [-0.4, -0.2) is 0 Å². The monoisotopic (exact) mass is 851 g/mol. The van der Waals surface area contributed by atoms with Crippen LogP contribution in [0.3, 0.4) is 0 Å². The predicted octanol–water partition coefficient (Wildman–Crippen LogP) is 16.7. The normalized spacial score (nSPS) is 16.5. The molecule has 0 spiro atoms. The lowest BCUT2D eigenvalue weighted by Crippen LogP contribution is -2.44. The number of fused-ring (bicyclic) bond motifs is 6. The molecule has 1 nitrogen and oxygen atoms in total. The number of hydrogen-bond donors (Lipinski definition) is 0. The van der Waals surface area contributed by atoms with Gasteiger partial charge in [-0.2, -0.15) is 0 Å². The fourth-order valence-corrected chi connectivity index (χ4v) is 11.9. The van der Waals surface area contributed by atoms with Crippen LogP contribution in [0.5, 0.6) is 0 Å². The van der Waals surface area contributed by atoms with Crippen molar-refractivity contribution in [3.63, 3.8) is 0 Å². The van der Waals surface area contributed by atoms with E-state index in [-0.39, 0.29) is 0 Å². The van der Waals surface area contributed by atoms with Crippen LogP contribution >= 0.6 is 0 Å². The molecule has 0 bridgehead atoms. The van der Waals surface area contributed by atoms with Gasteiger partial charge in [0.05, 0.1) is 10.8 Å². The lowest BCUT2D eigenvalue weighted by Gasteiger charge is -2.49. The summed E-state index contributed by atoms with van der Waals surface area (Å²) in [6.45, 7) is 0. The van der Waals surface area contributed by atoms with Gasteiger partial charge in [-0.1, -0.05) is 237 Å². The highest BCUT2D eigenvalue weighted by atomic mass is 15.1. The summed E-state index contributed by atoms with van der Waals surface area (Å²) in [6.07, 6.45) is 0. The Balaban J connectivity index is 1.01. The zero-order chi connectivity index (χ0) is 44.4. The smallest absolute Gasteiger partial charge is 0.0720 e. The van der Waals surface area contributed by atoms with Crippen molar-refractivity contribution >= 4 is 27.8 Å². The van der Waals surface area contributed by atoms with Gasteiger partial charge in [-0.15, -0.1) is 0 Å². The molecule has 314 valence electrons. The molecule has 2 aliphatic rings. The highest BCUT2D eigenvalue weighted by Crippen LogP contribution is 2.65. The van der Waals surface area contributed by atoms with E-state index in [9.17, 15) is 0 Å². The van der Waals surface area contributed by atoms with Gasteiger partial charge in [0.15, 0.2) is 0 Å². The van der Waals surface area contributed by atoms with E-state index in [1.54, 1.807) is 0 Å². The maximum Gasteiger partial charge on any atom is 0.0720 e. The molecule has 11 aromatic carbocycles. The van der Waals surface area contributed by atoms with Crippen molar-refractivity contribution in [2.45, 2.75) is 10.8 Å². The van der Waals surface area contributed by atoms with Crippen molar-refractivity contribution in [2.24, 2.45) is 0 Å². The van der Waals surface area contributed by atoms with E-state index < -0.39 is 10.8 Å². The second-order valence-corrected chi connectivity index (χ2v) is 17.9. The minimum Gasteiger partial charge on any atom is -0.311 e. The van der Waals surface area contributed by atoms with E-state index in [0.29, 0.717) is 0 Å². The Morgan fingerprint density at radius 1 is 0.239 bits per heavy atom. The molecule has 2 aliphatic carbocycles. The predicted molar refractivity (Wildman–Crippen MR) is 279 cm³/mol. The summed E-state index contributed by atoms with van der Waals surface area (Å²) in [5, 5.41) is 2.50. The molecule has 0 saturated carbocycles. The Morgan fingerprint density at radius 2 is 0.657 bits per heavy atom. The second kappa shape index (κ2) is 15.6. The fraction of sp³-hybridized carbons (Fsp3) is 0.0303. The van der Waals surface area contributed by atoms with Crippen molar-refractivity contribution in [1.29, 1.82) is 0 Å². The number of anilines is 3. The Morgan fingerprint density at radius 3 is 1.33 bits per heavy atom. The SMILES string of the molecule is c1ccc(-c2ccc(N(c3ccc(-c4cccc5ccccc45)cc3)c3ccc(C4(c5ccccc5)c5ccccc5C5(c6ccccc6)c6ccccc6-c6cccc4c65)cc3)cc2)cc1. The molecule has 0 heterocycles. The quantitative estimate of drug-likeness (QED) is 0.147. The molecular weight excluding hydrogens is 807 g/mol. The summed E-state index contributed by atoms with van der Waals surface area (Å²) in [6, 6.07) is 101. The van der Waals surface area contributed by atoms with Crippen LogP contribution in [0, 0.1) is 0 Å². The van der Waals surface area contributed by atoms with Gasteiger partial charge in [0, 0.05) is 17.1 Å². The van der Waals surface area contributed by atoms with Crippen LogP contribution < -0.4 is 4.90 Å². The first-order valence-corrected chi connectivity index (χ1v) is 23.3. The molecule has 2 unspecified atom stereocenters. The first-order chi connectivity index (χ1) is 33.2. The summed E-state index contributed by atoms with van der Waals surface area (Å²) in [5.74, 6) is 0. The Kier molecular flexibility index (Phi) is 9.05. The van der Waals surface area contributed by atoms with Gasteiger partial charge < -0.3 is 4.90 Å². The van der Waals surface area contributed by atoms with Gasteiger partial charge in [-0.3, -0.25) is 0 Å². The minimum absolute atomic E-state index is 0.487. The van der Waals surface area contributed by atoms with Gasteiger partial charge in [0.2, 0.25) is 0 Å². The first-order valence-electron chi connectivity index (χ1n) is 23.3. The lowest BCUT2D eigenvalue weighted by molar-refractivity contribution is 0.626. The van der Waals surface area contributed by atoms with Gasteiger partial charge >= 0.3 is 0 Å². The number of benzene rings is 11. The van der Waals surface area contributed by atoms with E-state index in [2.05, 4.69) is 278 Å². The fourth-order valence-electron chi connectivity index (χ4n) is 11.9. The summed E-state index contributed by atoms with van der Waals surface area (Å²) in [7, 11) is 0. The van der Waals surface area contributed by atoms with E-state index in [1.165, 1.54) is 88.7 Å². The lowest BCUT2D eigenvalue weighted by atomic mass is 9.52. The molecule has 2 atom stereocenters. The molecule has 0 fully saturated rings. The van der Waals surface area contributed by atoms with E-state index in [1.807, 2.05) is 0 Å². The molecule has 0 N–H and O–H groups in total. The Bertz CT molecular complexity index is 3590. The number of nitrogens with zero attached hydrogens (tertiary/aromatic N) is 1. The van der Waals surface area contributed by atoms with Gasteiger partial charge in [-0.05, 0) is 125 Å². The summed E-state index contributed by atoms with van der Waals surface area (Å²) in [5.41, 5.74) is 20.0. The summed E-state index contributed by atoms with van der Waals surface area (Å²) >= 11 is 0. The van der Waals surface area contributed by atoms with Crippen LogP contribution in [0.1, 0.15) is 44.5 Å². The molecule has 67 heavy (non-hydrogen) atoms. The first kappa shape index (κ1) is 38.9. The zero-order valence-electron chi connectivity index (χ0n) is 36.9. The molecule has 0 aliphatic heterocycles. The molecule has 0 radical (unpaired) electrons. The van der Waals surface area contributed by atoms with Crippen molar-refractivity contribution < 1.29 is 0 Å². The highest BCUT2D eigenvalue weighted by molar-refractivity contribution is 5.97. The molecule has 11 aromatic rings. The van der Waals surface area contributed by atoms with Gasteiger partial charge in [0.25, 0.3) is 0 Å². The minimum atomic E-state index is -0.621. The van der Waals surface area contributed by atoms with Crippen LogP contribution in [0.4, 0.5) is 17.1 Å². The van der Waals surface area contributed by atoms with Crippen molar-refractivity contribution in [3.8, 4) is 33.4 Å². The maximum atomic E-state index is 2.41. The van der Waals surface area contributed by atoms with Crippen LogP contribution in [-0.2, 0) is 10.8 Å². The number of hydrogen-bond acceptors (Lipinski definition) is 1. The molecule has 13 rings (SSSR count). The molecule has 0 amide bonds. The van der Waals surface area contributed by atoms with Crippen LogP contribution in [0.25, 0.3) is 44.2 Å². The number of rotatable bonds is 8. The average molecular weight is 852 g/mol. The standard InChI is InChI=1S/C66H45N/c1-4-18-46(19-5-1)47-34-40-53(41-35-47)67(54-42-36-49(37-43-54)57-28-16-21-48-20-10-11-26-56(48)57)55-44-38-52(39-45-55)65(50-22-6-2-7-23-50)61-31-14-15-32-62(61)66(51-24-8-3-9-25-51)60-30-13-12-27-58(60)59-29-17-33-63(65)64(59)66/h1-45H. The maximum absolute atomic E-state index is 2.41. The van der Waals surface area contributed by atoms with E-state index >= 15 is 0 Å². The molecule has 1 heteroatoms. The van der Waals surface area contributed by atoms with Crippen molar-refractivity contribution in [2.75, 3.05) is 4.90 Å². The van der Waals surface area contributed by atoms with E-state index in [4.69, 9.17) is 0 Å². The van der Waals surface area contributed by atoms with Crippen molar-refractivity contribution in [1.82, 2.24) is 0 Å². The summed E-state index contributed by atoms with van der Waals surface area (Å²) < 4.78 is 0. The molecule has 0 saturated heterocycles. The Labute approximate surface area is 392 Å². The third kappa shape index (κ3) is 5.81. The van der Waals surface area contributed by atoms with Crippen LogP contribution in [0.2, 0.25) is 0 Å². The largest absolute Gasteiger partial charge is 0.311 e. The molecule has 0 aromatic heterocycles. The Hall–Kier alpha value is -8.52. The van der Waals surface area contributed by atoms with Gasteiger partial charge in [-0.25, -0.2) is 0 Å². The average Bonchev–Trinajstić information content (AvgIpc) is 3.72.